The van der Waals surface area contributed by atoms with E-state index in [1.807, 2.05) is 19.9 Å². The molecule has 2 aromatic carbocycles. The van der Waals surface area contributed by atoms with E-state index >= 15 is 0 Å². The molecule has 1 aliphatic rings. The van der Waals surface area contributed by atoms with E-state index in [0.717, 1.165) is 24.2 Å². The monoisotopic (exact) mass is 365 g/mol. The summed E-state index contributed by atoms with van der Waals surface area (Å²) in [5.74, 6) is 0.748. The minimum Gasteiger partial charge on any atom is -0.481 e. The Balaban J connectivity index is 1.66. The Labute approximate surface area is 163 Å². The van der Waals surface area contributed by atoms with Gasteiger partial charge in [-0.15, -0.1) is 0 Å². The summed E-state index contributed by atoms with van der Waals surface area (Å²) >= 11 is 0. The van der Waals surface area contributed by atoms with Gasteiger partial charge in [0, 0.05) is 0 Å². The predicted molar refractivity (Wildman–Crippen MR) is 110 cm³/mol. The molecule has 1 aliphatic carbocycles. The highest BCUT2D eigenvalue weighted by atomic mass is 16.5. The van der Waals surface area contributed by atoms with Crippen molar-refractivity contribution in [1.29, 1.82) is 0 Å². The lowest BCUT2D eigenvalue weighted by atomic mass is 9.92. The summed E-state index contributed by atoms with van der Waals surface area (Å²) in [6, 6.07) is 12.6. The molecule has 1 amide bonds. The zero-order valence-corrected chi connectivity index (χ0v) is 17.0. The minimum absolute atomic E-state index is 0.0435. The van der Waals surface area contributed by atoms with Crippen LogP contribution in [0.25, 0.3) is 0 Å². The van der Waals surface area contributed by atoms with Gasteiger partial charge in [0.15, 0.2) is 6.10 Å². The Morgan fingerprint density at radius 2 is 1.78 bits per heavy atom. The SMILES string of the molecule is CC[C@@H](Oc1ccc2c(c1)CCCC2)C(=O)N[C@H](C)c1ccc(C)c(C)c1. The molecule has 0 aromatic heterocycles. The van der Waals surface area contributed by atoms with Gasteiger partial charge >= 0.3 is 0 Å². The van der Waals surface area contributed by atoms with E-state index in [4.69, 9.17) is 4.74 Å². The minimum atomic E-state index is -0.472. The first-order valence-electron chi connectivity index (χ1n) is 10.1. The fraction of sp³-hybridized carbons (Fsp3) is 0.458. The van der Waals surface area contributed by atoms with Gasteiger partial charge in [0.05, 0.1) is 6.04 Å². The van der Waals surface area contributed by atoms with Gasteiger partial charge in [-0.3, -0.25) is 4.79 Å². The quantitative estimate of drug-likeness (QED) is 0.762. The Kier molecular flexibility index (Phi) is 6.20. The standard InChI is InChI=1S/C24H31NO2/c1-5-23(27-22-13-12-19-8-6-7-9-21(19)15-22)24(26)25-18(4)20-11-10-16(2)17(3)14-20/h10-15,18,23H,5-9H2,1-4H3,(H,25,26)/t18-,23-/m1/s1. The number of hydrogen-bond acceptors (Lipinski definition) is 2. The van der Waals surface area contributed by atoms with Crippen molar-refractivity contribution in [2.24, 2.45) is 0 Å². The summed E-state index contributed by atoms with van der Waals surface area (Å²) in [7, 11) is 0. The van der Waals surface area contributed by atoms with E-state index < -0.39 is 6.10 Å². The average molecular weight is 366 g/mol. The van der Waals surface area contributed by atoms with E-state index in [2.05, 4.69) is 49.5 Å². The van der Waals surface area contributed by atoms with Crippen molar-refractivity contribution >= 4 is 5.91 Å². The number of rotatable bonds is 6. The Bertz CT molecular complexity index is 812. The second-order valence-electron chi connectivity index (χ2n) is 7.73. The third-order valence-electron chi connectivity index (χ3n) is 5.65. The van der Waals surface area contributed by atoms with Gasteiger partial charge in [-0.25, -0.2) is 0 Å². The second-order valence-corrected chi connectivity index (χ2v) is 7.73. The number of carbonyl (C=O) groups is 1. The first-order valence-corrected chi connectivity index (χ1v) is 10.1. The van der Waals surface area contributed by atoms with E-state index in [1.165, 1.54) is 35.1 Å². The molecule has 3 heteroatoms. The van der Waals surface area contributed by atoms with Crippen molar-refractivity contribution in [1.82, 2.24) is 5.32 Å². The molecule has 0 aliphatic heterocycles. The van der Waals surface area contributed by atoms with Gasteiger partial charge in [0.25, 0.3) is 5.91 Å². The van der Waals surface area contributed by atoms with Crippen LogP contribution in [0.4, 0.5) is 0 Å². The number of hydrogen-bond donors (Lipinski definition) is 1. The first-order chi connectivity index (χ1) is 13.0. The lowest BCUT2D eigenvalue weighted by Crippen LogP contribution is -2.39. The van der Waals surface area contributed by atoms with Crippen LogP contribution in [0.3, 0.4) is 0 Å². The van der Waals surface area contributed by atoms with Crippen LogP contribution >= 0.6 is 0 Å². The molecular weight excluding hydrogens is 334 g/mol. The topological polar surface area (TPSA) is 38.3 Å². The molecule has 3 nitrogen and oxygen atoms in total. The molecule has 0 saturated carbocycles. The highest BCUT2D eigenvalue weighted by Crippen LogP contribution is 2.26. The summed E-state index contributed by atoms with van der Waals surface area (Å²) in [4.78, 5) is 12.8. The maximum atomic E-state index is 12.8. The number of carbonyl (C=O) groups excluding carboxylic acids is 1. The maximum absolute atomic E-state index is 12.8. The lowest BCUT2D eigenvalue weighted by Gasteiger charge is -2.22. The summed E-state index contributed by atoms with van der Waals surface area (Å²) in [5, 5.41) is 3.11. The van der Waals surface area contributed by atoms with Crippen molar-refractivity contribution in [3.05, 3.63) is 64.2 Å². The Morgan fingerprint density at radius 3 is 2.48 bits per heavy atom. The van der Waals surface area contributed by atoms with Crippen LogP contribution in [0, 0.1) is 13.8 Å². The van der Waals surface area contributed by atoms with Gasteiger partial charge in [0.1, 0.15) is 5.75 Å². The fourth-order valence-electron chi connectivity index (χ4n) is 3.69. The van der Waals surface area contributed by atoms with Crippen molar-refractivity contribution in [2.45, 2.75) is 71.9 Å². The predicted octanol–water partition coefficient (Wildman–Crippen LogP) is 5.22. The van der Waals surface area contributed by atoms with Crippen molar-refractivity contribution in [3.8, 4) is 5.75 Å². The van der Waals surface area contributed by atoms with E-state index in [0.29, 0.717) is 6.42 Å². The van der Waals surface area contributed by atoms with E-state index in [1.54, 1.807) is 0 Å². The van der Waals surface area contributed by atoms with Gasteiger partial charge in [-0.2, -0.15) is 0 Å². The molecule has 144 valence electrons. The molecule has 2 aromatic rings. The number of benzene rings is 2. The molecule has 0 spiro atoms. The summed E-state index contributed by atoms with van der Waals surface area (Å²) in [6.45, 7) is 8.21. The van der Waals surface area contributed by atoms with Crippen molar-refractivity contribution < 1.29 is 9.53 Å². The molecule has 3 rings (SSSR count). The maximum Gasteiger partial charge on any atom is 0.261 e. The number of nitrogens with one attached hydrogen (secondary N) is 1. The molecule has 2 atom stereocenters. The first kappa shape index (κ1) is 19.5. The molecule has 1 N–H and O–H groups in total. The number of fused-ring (bicyclic) bond motifs is 1. The summed E-state index contributed by atoms with van der Waals surface area (Å²) in [6.07, 6.45) is 4.94. The van der Waals surface area contributed by atoms with Crippen LogP contribution in [0.15, 0.2) is 36.4 Å². The zero-order chi connectivity index (χ0) is 19.4. The largest absolute Gasteiger partial charge is 0.481 e. The van der Waals surface area contributed by atoms with Crippen LogP contribution in [-0.4, -0.2) is 12.0 Å². The summed E-state index contributed by atoms with van der Waals surface area (Å²) < 4.78 is 6.06. The van der Waals surface area contributed by atoms with Gasteiger partial charge < -0.3 is 10.1 Å². The van der Waals surface area contributed by atoms with Gasteiger partial charge in [-0.1, -0.05) is 31.2 Å². The van der Waals surface area contributed by atoms with E-state index in [-0.39, 0.29) is 11.9 Å². The smallest absolute Gasteiger partial charge is 0.261 e. The average Bonchev–Trinajstić information content (AvgIpc) is 2.67. The molecule has 0 bridgehead atoms. The molecule has 27 heavy (non-hydrogen) atoms. The lowest BCUT2D eigenvalue weighted by molar-refractivity contribution is -0.128. The van der Waals surface area contributed by atoms with Crippen LogP contribution in [0.1, 0.15) is 67.0 Å². The third kappa shape index (κ3) is 4.71. The van der Waals surface area contributed by atoms with Crippen LogP contribution in [0.2, 0.25) is 0 Å². The number of aryl methyl sites for hydroxylation is 4. The molecule has 0 saturated heterocycles. The summed E-state index contributed by atoms with van der Waals surface area (Å²) in [5.41, 5.74) is 6.42. The molecule has 0 heterocycles. The van der Waals surface area contributed by atoms with Crippen LogP contribution in [0.5, 0.6) is 5.75 Å². The highest BCUT2D eigenvalue weighted by molar-refractivity contribution is 5.81. The molecular formula is C24H31NO2. The Hall–Kier alpha value is -2.29. The normalized spacial score (nSPS) is 15.6. The van der Waals surface area contributed by atoms with E-state index in [9.17, 15) is 4.79 Å². The molecule has 0 radical (unpaired) electrons. The van der Waals surface area contributed by atoms with Gasteiger partial charge in [-0.05, 0) is 92.8 Å². The number of amides is 1. The fourth-order valence-corrected chi connectivity index (χ4v) is 3.69. The van der Waals surface area contributed by atoms with Crippen LogP contribution in [-0.2, 0) is 17.6 Å². The molecule has 0 fully saturated rings. The van der Waals surface area contributed by atoms with Crippen molar-refractivity contribution in [2.75, 3.05) is 0 Å². The van der Waals surface area contributed by atoms with Crippen molar-refractivity contribution in [3.63, 3.8) is 0 Å². The Morgan fingerprint density at radius 1 is 1.04 bits per heavy atom. The number of ether oxygens (including phenoxy) is 1. The molecule has 0 unspecified atom stereocenters. The van der Waals surface area contributed by atoms with Gasteiger partial charge in [0.2, 0.25) is 0 Å². The van der Waals surface area contributed by atoms with Crippen LogP contribution < -0.4 is 10.1 Å². The zero-order valence-electron chi connectivity index (χ0n) is 17.0. The third-order valence-corrected chi connectivity index (χ3v) is 5.65. The highest BCUT2D eigenvalue weighted by Gasteiger charge is 2.21. The second kappa shape index (κ2) is 8.60.